The van der Waals surface area contributed by atoms with Gasteiger partial charge in [-0.05, 0) is 6.07 Å². The SMILES string of the molecule is Cc1c(N)ccc[n+]1CC1=C(C(=O)O)N2C(=O)[C@@H](NC(=O)C(=NO[C@H]3CCNC3=O)c3csc(N)n3)[C@@H]2SC1. The van der Waals surface area contributed by atoms with Crippen molar-refractivity contribution >= 4 is 63.3 Å². The van der Waals surface area contributed by atoms with Gasteiger partial charge in [-0.3, -0.25) is 19.3 Å². The van der Waals surface area contributed by atoms with E-state index in [1.165, 1.54) is 22.0 Å². The van der Waals surface area contributed by atoms with E-state index in [0.717, 1.165) is 17.0 Å². The number of rotatable bonds is 8. The van der Waals surface area contributed by atoms with Crippen LogP contribution in [-0.2, 0) is 30.6 Å². The van der Waals surface area contributed by atoms with Gasteiger partial charge < -0.3 is 32.0 Å². The topological polar surface area (TPSA) is 206 Å². The first-order valence-corrected chi connectivity index (χ1v) is 13.8. The second-order valence-corrected chi connectivity index (χ2v) is 11.0. The molecule has 3 aliphatic rings. The van der Waals surface area contributed by atoms with E-state index in [1.54, 1.807) is 18.3 Å². The number of nitrogens with two attached hydrogens (primary N) is 2. The number of carbonyl (C=O) groups is 4. The number of nitrogens with zero attached hydrogens (tertiary/aromatic N) is 4. The number of carboxylic acid groups (broad SMARTS) is 1. The maximum atomic E-state index is 13.2. The molecule has 0 radical (unpaired) electrons. The Morgan fingerprint density at radius 3 is 2.85 bits per heavy atom. The summed E-state index contributed by atoms with van der Waals surface area (Å²) in [6.07, 6.45) is 1.31. The number of anilines is 2. The van der Waals surface area contributed by atoms with Crippen molar-refractivity contribution < 1.29 is 33.7 Å². The van der Waals surface area contributed by atoms with Crippen LogP contribution in [0.5, 0.6) is 0 Å². The number of nitrogen functional groups attached to an aromatic ring is 2. The Labute approximate surface area is 230 Å². The first-order valence-electron chi connectivity index (χ1n) is 11.8. The highest BCUT2D eigenvalue weighted by molar-refractivity contribution is 8.00. The summed E-state index contributed by atoms with van der Waals surface area (Å²) in [6.45, 7) is 2.49. The van der Waals surface area contributed by atoms with Crippen LogP contribution in [0.1, 0.15) is 17.8 Å². The number of aliphatic carboxylic acids is 1. The van der Waals surface area contributed by atoms with Crippen LogP contribution in [0.4, 0.5) is 10.8 Å². The van der Waals surface area contributed by atoms with E-state index < -0.39 is 35.3 Å². The summed E-state index contributed by atoms with van der Waals surface area (Å²) >= 11 is 2.42. The Bertz CT molecular complexity index is 1440. The Balaban J connectivity index is 1.35. The molecule has 39 heavy (non-hydrogen) atoms. The lowest BCUT2D eigenvalue weighted by atomic mass is 10.0. The van der Waals surface area contributed by atoms with Gasteiger partial charge in [0.1, 0.15) is 22.8 Å². The fourth-order valence-electron chi connectivity index (χ4n) is 4.43. The van der Waals surface area contributed by atoms with Gasteiger partial charge in [0.15, 0.2) is 23.6 Å². The first kappa shape index (κ1) is 26.4. The summed E-state index contributed by atoms with van der Waals surface area (Å²) < 4.78 is 1.82. The molecule has 0 bridgehead atoms. The van der Waals surface area contributed by atoms with Crippen LogP contribution in [0, 0.1) is 6.92 Å². The molecule has 0 saturated carbocycles. The number of hydrogen-bond acceptors (Lipinski definition) is 11. The molecule has 14 nitrogen and oxygen atoms in total. The molecular formula is C23H25N8O6S2+. The van der Waals surface area contributed by atoms with Crippen LogP contribution >= 0.6 is 23.1 Å². The van der Waals surface area contributed by atoms with Crippen LogP contribution in [0.15, 0.2) is 40.1 Å². The number of amides is 3. The van der Waals surface area contributed by atoms with Crippen molar-refractivity contribution in [3.63, 3.8) is 0 Å². The number of aromatic nitrogens is 2. The molecule has 204 valence electrons. The fourth-order valence-corrected chi connectivity index (χ4v) is 6.31. The lowest BCUT2D eigenvalue weighted by Crippen LogP contribution is -2.71. The van der Waals surface area contributed by atoms with Crippen molar-refractivity contribution in [2.24, 2.45) is 5.16 Å². The number of thiazole rings is 1. The van der Waals surface area contributed by atoms with Crippen LogP contribution in [0.25, 0.3) is 0 Å². The van der Waals surface area contributed by atoms with Crippen molar-refractivity contribution in [3.05, 3.63) is 46.4 Å². The molecule has 2 saturated heterocycles. The molecule has 2 aromatic rings. The van der Waals surface area contributed by atoms with Crippen LogP contribution in [0.2, 0.25) is 0 Å². The third-order valence-electron chi connectivity index (χ3n) is 6.54. The zero-order chi connectivity index (χ0) is 27.8. The van der Waals surface area contributed by atoms with Crippen molar-refractivity contribution in [1.29, 1.82) is 0 Å². The number of thioether (sulfide) groups is 1. The maximum absolute atomic E-state index is 13.2. The Morgan fingerprint density at radius 2 is 2.18 bits per heavy atom. The number of oxime groups is 1. The summed E-state index contributed by atoms with van der Waals surface area (Å²) in [5, 5.41) is 20.2. The number of hydrogen-bond donors (Lipinski definition) is 5. The van der Waals surface area contributed by atoms with Crippen LogP contribution in [-0.4, -0.2) is 74.2 Å². The highest BCUT2D eigenvalue weighted by Gasteiger charge is 2.55. The van der Waals surface area contributed by atoms with E-state index in [-0.39, 0.29) is 34.7 Å². The van der Waals surface area contributed by atoms with Gasteiger partial charge in [-0.25, -0.2) is 9.78 Å². The molecule has 3 atom stereocenters. The summed E-state index contributed by atoms with van der Waals surface area (Å²) in [5.41, 5.74) is 13.3. The average Bonchev–Trinajstić information content (AvgIpc) is 3.52. The molecule has 0 unspecified atom stereocenters. The molecule has 0 aromatic carbocycles. The summed E-state index contributed by atoms with van der Waals surface area (Å²) in [7, 11) is 0. The van der Waals surface area contributed by atoms with E-state index >= 15 is 0 Å². The zero-order valence-corrected chi connectivity index (χ0v) is 22.3. The van der Waals surface area contributed by atoms with Crippen molar-refractivity contribution in [1.82, 2.24) is 20.5 Å². The third kappa shape index (κ3) is 4.99. The molecule has 3 amide bonds. The minimum Gasteiger partial charge on any atom is -0.477 e. The van der Waals surface area contributed by atoms with Gasteiger partial charge >= 0.3 is 5.97 Å². The number of carboxylic acids is 1. The fraction of sp³-hybridized carbons (Fsp3) is 0.348. The minimum atomic E-state index is -1.24. The summed E-state index contributed by atoms with van der Waals surface area (Å²) in [5.74, 6) is -2.60. The summed E-state index contributed by atoms with van der Waals surface area (Å²) in [6, 6.07) is 2.51. The standard InChI is InChI=1S/C23H24N8O6S2/c1-10-12(24)3-2-6-30(10)7-11-8-38-21-16(20(34)31(21)17(11)22(35)36)28-19(33)15(13-9-39-23(25)27-13)29-37-14-4-5-26-18(14)32/h2-3,6,9,14,16,21H,4-5,7-8,24H2,1H3,(H4-,25,26,27,28,32,33,35,36)/p+1/t14-,16+,21-/m0/s1. The Hall–Kier alpha value is -4.18. The van der Waals surface area contributed by atoms with Gasteiger partial charge in [0.2, 0.25) is 11.8 Å². The Kier molecular flexibility index (Phi) is 7.14. The van der Waals surface area contributed by atoms with E-state index in [4.69, 9.17) is 16.3 Å². The molecule has 2 aromatic heterocycles. The van der Waals surface area contributed by atoms with Gasteiger partial charge in [0, 0.05) is 42.7 Å². The van der Waals surface area contributed by atoms with Crippen LogP contribution in [0.3, 0.4) is 0 Å². The molecule has 16 heteroatoms. The van der Waals surface area contributed by atoms with Gasteiger partial charge in [0.05, 0.1) is 5.69 Å². The third-order valence-corrected chi connectivity index (χ3v) is 8.55. The second-order valence-electron chi connectivity index (χ2n) is 8.98. The van der Waals surface area contributed by atoms with E-state index in [0.29, 0.717) is 30.0 Å². The lowest BCUT2D eigenvalue weighted by Gasteiger charge is -2.49. The molecule has 5 heterocycles. The van der Waals surface area contributed by atoms with Gasteiger partial charge in [-0.1, -0.05) is 5.16 Å². The molecule has 0 spiro atoms. The minimum absolute atomic E-state index is 0.111. The largest absolute Gasteiger partial charge is 0.477 e. The zero-order valence-electron chi connectivity index (χ0n) is 20.6. The Morgan fingerprint density at radius 1 is 1.38 bits per heavy atom. The number of pyridine rings is 1. The smallest absolute Gasteiger partial charge is 0.352 e. The van der Waals surface area contributed by atoms with Gasteiger partial charge in [0.25, 0.3) is 17.7 Å². The van der Waals surface area contributed by atoms with Gasteiger partial charge in [-0.15, -0.1) is 23.1 Å². The van der Waals surface area contributed by atoms with Crippen molar-refractivity contribution in [2.75, 3.05) is 23.8 Å². The predicted molar refractivity (Wildman–Crippen MR) is 141 cm³/mol. The van der Waals surface area contributed by atoms with Gasteiger partial charge in [-0.2, -0.15) is 4.57 Å². The second kappa shape index (κ2) is 10.5. The average molecular weight is 574 g/mol. The normalized spacial score (nSPS) is 22.7. The molecule has 5 rings (SSSR count). The monoisotopic (exact) mass is 573 g/mol. The summed E-state index contributed by atoms with van der Waals surface area (Å²) in [4.78, 5) is 61.0. The molecule has 7 N–H and O–H groups in total. The first-order chi connectivity index (χ1) is 18.7. The molecule has 0 aliphatic carbocycles. The number of β-lactam (4-membered cyclic amide) rings is 1. The lowest BCUT2D eigenvalue weighted by molar-refractivity contribution is -0.694. The van der Waals surface area contributed by atoms with E-state index in [2.05, 4.69) is 20.8 Å². The van der Waals surface area contributed by atoms with E-state index in [1.807, 2.05) is 11.5 Å². The maximum Gasteiger partial charge on any atom is 0.352 e. The highest BCUT2D eigenvalue weighted by atomic mass is 32.2. The number of nitrogens with one attached hydrogen (secondary N) is 2. The van der Waals surface area contributed by atoms with Crippen LogP contribution < -0.4 is 26.7 Å². The molecule has 3 aliphatic heterocycles. The molecule has 2 fully saturated rings. The number of fused-ring (bicyclic) bond motifs is 1. The highest BCUT2D eigenvalue weighted by Crippen LogP contribution is 2.40. The predicted octanol–water partition coefficient (Wildman–Crippen LogP) is -1.05. The number of carbonyl (C=O) groups excluding carboxylic acids is 3. The van der Waals surface area contributed by atoms with Crippen molar-refractivity contribution in [2.45, 2.75) is 37.4 Å². The van der Waals surface area contributed by atoms with Crippen molar-refractivity contribution in [3.8, 4) is 0 Å². The quantitative estimate of drug-likeness (QED) is 0.112. The van der Waals surface area contributed by atoms with E-state index in [9.17, 15) is 24.3 Å². The molecular weight excluding hydrogens is 548 g/mol.